The van der Waals surface area contributed by atoms with Gasteiger partial charge >= 0.3 is 0 Å². The van der Waals surface area contributed by atoms with Gasteiger partial charge in [0.05, 0.1) is 5.38 Å². The first-order valence-corrected chi connectivity index (χ1v) is 6.92. The minimum Gasteiger partial charge on any atom is -0.261 e. The number of aromatic nitrogens is 1. The smallest absolute Gasteiger partial charge is 0.0640 e. The summed E-state index contributed by atoms with van der Waals surface area (Å²) < 4.78 is 0. The Kier molecular flexibility index (Phi) is 3.33. The summed E-state index contributed by atoms with van der Waals surface area (Å²) in [6.07, 6.45) is 6.33. The van der Waals surface area contributed by atoms with Crippen LogP contribution < -0.4 is 0 Å². The van der Waals surface area contributed by atoms with Gasteiger partial charge in [-0.05, 0) is 48.1 Å². The highest BCUT2D eigenvalue weighted by molar-refractivity contribution is 6.20. The van der Waals surface area contributed by atoms with E-state index in [0.29, 0.717) is 0 Å². The highest BCUT2D eigenvalue weighted by atomic mass is 35.5. The van der Waals surface area contributed by atoms with Gasteiger partial charge in [0.25, 0.3) is 0 Å². The molecular weight excluding hydrogens is 242 g/mol. The van der Waals surface area contributed by atoms with Gasteiger partial charge in [-0.1, -0.05) is 24.3 Å². The van der Waals surface area contributed by atoms with Crippen LogP contribution in [0.2, 0.25) is 0 Å². The van der Waals surface area contributed by atoms with Crippen LogP contribution in [-0.4, -0.2) is 4.98 Å². The third-order valence-electron chi connectivity index (χ3n) is 3.60. The van der Waals surface area contributed by atoms with Crippen LogP contribution >= 0.6 is 11.6 Å². The van der Waals surface area contributed by atoms with E-state index in [1.165, 1.54) is 36.0 Å². The Labute approximate surface area is 113 Å². The summed E-state index contributed by atoms with van der Waals surface area (Å²) in [4.78, 5) is 4.33. The van der Waals surface area contributed by atoms with Gasteiger partial charge in [-0.15, -0.1) is 11.6 Å². The van der Waals surface area contributed by atoms with Crippen LogP contribution in [0.3, 0.4) is 0 Å². The van der Waals surface area contributed by atoms with Crippen LogP contribution in [0, 0.1) is 0 Å². The van der Waals surface area contributed by atoms with Crippen LogP contribution in [0.4, 0.5) is 0 Å². The fraction of sp³-hybridized carbons (Fsp3) is 0.312. The maximum atomic E-state index is 6.50. The average molecular weight is 258 g/mol. The number of fused-ring (bicyclic) bond motifs is 1. The molecule has 1 atom stereocenters. The molecule has 1 nitrogen and oxygen atoms in total. The molecule has 1 unspecified atom stereocenters. The first-order valence-electron chi connectivity index (χ1n) is 6.48. The van der Waals surface area contributed by atoms with E-state index in [1.807, 2.05) is 24.4 Å². The molecule has 0 N–H and O–H groups in total. The van der Waals surface area contributed by atoms with Crippen molar-refractivity contribution < 1.29 is 0 Å². The maximum Gasteiger partial charge on any atom is 0.0640 e. The molecular formula is C16H16ClN. The molecule has 0 saturated carbocycles. The lowest BCUT2D eigenvalue weighted by molar-refractivity contribution is 0.877. The van der Waals surface area contributed by atoms with E-state index < -0.39 is 0 Å². The zero-order valence-electron chi connectivity index (χ0n) is 10.3. The second-order valence-electron chi connectivity index (χ2n) is 4.87. The number of halogens is 1. The lowest BCUT2D eigenvalue weighted by atomic mass is 10.0. The predicted octanol–water partition coefficient (Wildman–Crippen LogP) is 4.09. The van der Waals surface area contributed by atoms with E-state index in [0.717, 1.165) is 12.1 Å². The number of alkyl halides is 1. The SMILES string of the molecule is ClC(Cc1ccccn1)c1ccc2c(c1)CCC2. The second-order valence-corrected chi connectivity index (χ2v) is 5.40. The Morgan fingerprint density at radius 3 is 2.83 bits per heavy atom. The summed E-state index contributed by atoms with van der Waals surface area (Å²) in [6, 6.07) is 12.7. The normalized spacial score (nSPS) is 15.4. The monoisotopic (exact) mass is 257 g/mol. The molecule has 18 heavy (non-hydrogen) atoms. The number of hydrogen-bond acceptors (Lipinski definition) is 1. The lowest BCUT2D eigenvalue weighted by Crippen LogP contribution is -1.99. The molecule has 2 aromatic rings. The molecule has 0 saturated heterocycles. The van der Waals surface area contributed by atoms with Crippen LogP contribution in [0.5, 0.6) is 0 Å². The quantitative estimate of drug-likeness (QED) is 0.755. The van der Waals surface area contributed by atoms with E-state index >= 15 is 0 Å². The lowest BCUT2D eigenvalue weighted by Gasteiger charge is -2.11. The number of benzene rings is 1. The molecule has 0 spiro atoms. The van der Waals surface area contributed by atoms with Gasteiger partial charge in [0, 0.05) is 18.3 Å². The van der Waals surface area contributed by atoms with Crippen LogP contribution in [-0.2, 0) is 19.3 Å². The first kappa shape index (κ1) is 11.7. The molecule has 0 bridgehead atoms. The largest absolute Gasteiger partial charge is 0.261 e. The number of pyridine rings is 1. The van der Waals surface area contributed by atoms with Crippen molar-refractivity contribution in [3.63, 3.8) is 0 Å². The molecule has 0 aliphatic heterocycles. The van der Waals surface area contributed by atoms with E-state index in [1.54, 1.807) is 0 Å². The molecule has 2 heteroatoms. The minimum atomic E-state index is 0.0193. The summed E-state index contributed by atoms with van der Waals surface area (Å²) in [7, 11) is 0. The molecule has 0 fully saturated rings. The average Bonchev–Trinajstić information content (AvgIpc) is 2.87. The van der Waals surface area contributed by atoms with Crippen molar-refractivity contribution in [2.75, 3.05) is 0 Å². The molecule has 1 heterocycles. The number of rotatable bonds is 3. The molecule has 3 rings (SSSR count). The Bertz CT molecular complexity index is 536. The zero-order valence-corrected chi connectivity index (χ0v) is 11.0. The highest BCUT2D eigenvalue weighted by Crippen LogP contribution is 2.29. The standard InChI is InChI=1S/C16H16ClN/c17-16(11-15-6-1-2-9-18-15)14-8-7-12-4-3-5-13(12)10-14/h1-2,6-10,16H,3-5,11H2. The zero-order chi connectivity index (χ0) is 12.4. The van der Waals surface area contributed by atoms with Gasteiger partial charge in [0.1, 0.15) is 0 Å². The van der Waals surface area contributed by atoms with E-state index in [-0.39, 0.29) is 5.38 Å². The van der Waals surface area contributed by atoms with Crippen molar-refractivity contribution in [1.82, 2.24) is 4.98 Å². The number of hydrogen-bond donors (Lipinski definition) is 0. The molecule has 1 aliphatic rings. The van der Waals surface area contributed by atoms with Crippen molar-refractivity contribution in [1.29, 1.82) is 0 Å². The van der Waals surface area contributed by atoms with Gasteiger partial charge < -0.3 is 0 Å². The van der Waals surface area contributed by atoms with Crippen LogP contribution in [0.15, 0.2) is 42.6 Å². The summed E-state index contributed by atoms with van der Waals surface area (Å²) in [5.74, 6) is 0. The van der Waals surface area contributed by atoms with E-state index in [4.69, 9.17) is 11.6 Å². The second kappa shape index (κ2) is 5.11. The summed E-state index contributed by atoms with van der Waals surface area (Å²) in [6.45, 7) is 0. The van der Waals surface area contributed by atoms with Crippen molar-refractivity contribution in [3.8, 4) is 0 Å². The molecule has 92 valence electrons. The third kappa shape index (κ3) is 2.41. The third-order valence-corrected chi connectivity index (χ3v) is 4.01. The Morgan fingerprint density at radius 2 is 2.00 bits per heavy atom. The van der Waals surface area contributed by atoms with E-state index in [2.05, 4.69) is 23.2 Å². The van der Waals surface area contributed by atoms with Crippen molar-refractivity contribution >= 4 is 11.6 Å². The fourth-order valence-corrected chi connectivity index (χ4v) is 2.90. The maximum absolute atomic E-state index is 6.50. The van der Waals surface area contributed by atoms with Gasteiger partial charge in [-0.3, -0.25) is 4.98 Å². The minimum absolute atomic E-state index is 0.0193. The van der Waals surface area contributed by atoms with Crippen molar-refractivity contribution in [2.45, 2.75) is 31.1 Å². The van der Waals surface area contributed by atoms with Crippen LogP contribution in [0.25, 0.3) is 0 Å². The summed E-state index contributed by atoms with van der Waals surface area (Å²) in [5, 5.41) is 0.0193. The van der Waals surface area contributed by atoms with Gasteiger partial charge in [0.15, 0.2) is 0 Å². The first-order chi connectivity index (χ1) is 8.83. The Balaban J connectivity index is 1.78. The van der Waals surface area contributed by atoms with Crippen molar-refractivity contribution in [2.24, 2.45) is 0 Å². The highest BCUT2D eigenvalue weighted by Gasteiger charge is 2.15. The molecule has 1 aliphatic carbocycles. The topological polar surface area (TPSA) is 12.9 Å². The van der Waals surface area contributed by atoms with Crippen LogP contribution in [0.1, 0.15) is 34.2 Å². The Morgan fingerprint density at radius 1 is 1.11 bits per heavy atom. The number of nitrogens with zero attached hydrogens (tertiary/aromatic N) is 1. The predicted molar refractivity (Wildman–Crippen MR) is 75.0 cm³/mol. The summed E-state index contributed by atoms with van der Waals surface area (Å²) >= 11 is 6.50. The fourth-order valence-electron chi connectivity index (χ4n) is 2.61. The van der Waals surface area contributed by atoms with Gasteiger partial charge in [-0.2, -0.15) is 0 Å². The molecule has 0 radical (unpaired) electrons. The molecule has 1 aromatic heterocycles. The summed E-state index contributed by atoms with van der Waals surface area (Å²) in [5.41, 5.74) is 5.26. The van der Waals surface area contributed by atoms with Gasteiger partial charge in [0.2, 0.25) is 0 Å². The molecule has 1 aromatic carbocycles. The van der Waals surface area contributed by atoms with Gasteiger partial charge in [-0.25, -0.2) is 0 Å². The Hall–Kier alpha value is -1.34. The van der Waals surface area contributed by atoms with E-state index in [9.17, 15) is 0 Å². The van der Waals surface area contributed by atoms with Crippen molar-refractivity contribution in [3.05, 3.63) is 65.0 Å². The number of aryl methyl sites for hydroxylation is 2. The molecule has 0 amide bonds.